The minimum absolute atomic E-state index is 0.0246. The Morgan fingerprint density at radius 1 is 0.927 bits per heavy atom. The van der Waals surface area contributed by atoms with Gasteiger partial charge >= 0.3 is 12.1 Å². The van der Waals surface area contributed by atoms with Crippen molar-refractivity contribution in [3.8, 4) is 0 Å². The molecule has 0 aliphatic heterocycles. The number of rotatable bonds is 9. The molecule has 41 heavy (non-hydrogen) atoms. The molecule has 1 aliphatic rings. The maximum absolute atomic E-state index is 13.7. The van der Waals surface area contributed by atoms with E-state index >= 15 is 0 Å². The molecule has 1 aliphatic carbocycles. The van der Waals surface area contributed by atoms with Crippen molar-refractivity contribution in [3.05, 3.63) is 64.2 Å². The van der Waals surface area contributed by atoms with Crippen molar-refractivity contribution in [2.75, 3.05) is 6.54 Å². The Kier molecular flexibility index (Phi) is 9.07. The van der Waals surface area contributed by atoms with E-state index in [1.807, 2.05) is 77.9 Å². The zero-order valence-corrected chi connectivity index (χ0v) is 25.7. The molecule has 0 radical (unpaired) electrons. The van der Waals surface area contributed by atoms with Crippen LogP contribution < -0.4 is 10.6 Å². The maximum Gasteiger partial charge on any atom is 0.407 e. The fourth-order valence-corrected chi connectivity index (χ4v) is 6.07. The van der Waals surface area contributed by atoms with E-state index in [2.05, 4.69) is 16.7 Å². The molecular weight excluding hydrogens is 538 g/mol. The van der Waals surface area contributed by atoms with Gasteiger partial charge in [-0.05, 0) is 96.0 Å². The predicted molar refractivity (Wildman–Crippen MR) is 161 cm³/mol. The Morgan fingerprint density at radius 3 is 2.22 bits per heavy atom. The first kappa shape index (κ1) is 30.5. The van der Waals surface area contributed by atoms with Crippen molar-refractivity contribution in [1.82, 2.24) is 15.6 Å². The normalized spacial score (nSPS) is 14.4. The first-order valence-electron chi connectivity index (χ1n) is 14.1. The van der Waals surface area contributed by atoms with Gasteiger partial charge in [-0.2, -0.15) is 0 Å². The lowest BCUT2D eigenvalue weighted by atomic mass is 9.80. The zero-order chi connectivity index (χ0) is 29.8. The molecule has 0 fully saturated rings. The minimum Gasteiger partial charge on any atom is -0.460 e. The van der Waals surface area contributed by atoms with Crippen LogP contribution in [0.25, 0.3) is 10.2 Å². The number of fused-ring (bicyclic) bond motifs is 2. The number of nitrogens with zero attached hydrogens (tertiary/aromatic N) is 1. The van der Waals surface area contributed by atoms with Gasteiger partial charge in [0.25, 0.3) is 0 Å². The summed E-state index contributed by atoms with van der Waals surface area (Å²) in [6, 6.07) is 14.1. The molecule has 2 N–H and O–H groups in total. The molecule has 0 atom stereocenters. The fourth-order valence-electron chi connectivity index (χ4n) is 5.10. The molecule has 9 heteroatoms. The van der Waals surface area contributed by atoms with Gasteiger partial charge in [-0.3, -0.25) is 9.59 Å². The van der Waals surface area contributed by atoms with Gasteiger partial charge in [0, 0.05) is 6.54 Å². The molecule has 0 bridgehead atoms. The van der Waals surface area contributed by atoms with Crippen molar-refractivity contribution < 1.29 is 23.9 Å². The highest BCUT2D eigenvalue weighted by Crippen LogP contribution is 2.41. The lowest BCUT2D eigenvalue weighted by Crippen LogP contribution is -2.44. The lowest BCUT2D eigenvalue weighted by molar-refractivity contribution is -0.160. The van der Waals surface area contributed by atoms with Crippen molar-refractivity contribution in [2.24, 2.45) is 5.41 Å². The van der Waals surface area contributed by atoms with Gasteiger partial charge in [0.15, 0.2) is 0 Å². The average Bonchev–Trinajstić information content (AvgIpc) is 3.43. The summed E-state index contributed by atoms with van der Waals surface area (Å²) in [5.41, 5.74) is 2.21. The molecule has 2 aromatic carbocycles. The number of carbonyl (C=O) groups is 3. The Balaban J connectivity index is 1.37. The number of hydrogen-bond acceptors (Lipinski definition) is 7. The summed E-state index contributed by atoms with van der Waals surface area (Å²) in [6.07, 6.45) is 2.21. The van der Waals surface area contributed by atoms with Crippen LogP contribution in [0.5, 0.6) is 0 Å². The summed E-state index contributed by atoms with van der Waals surface area (Å²) < 4.78 is 11.9. The second-order valence-electron chi connectivity index (χ2n) is 12.8. The van der Waals surface area contributed by atoms with Gasteiger partial charge in [-0.25, -0.2) is 9.78 Å². The minimum atomic E-state index is -0.886. The second kappa shape index (κ2) is 12.2. The third kappa shape index (κ3) is 8.52. The van der Waals surface area contributed by atoms with E-state index in [4.69, 9.17) is 14.5 Å². The smallest absolute Gasteiger partial charge is 0.407 e. The molecule has 0 saturated heterocycles. The monoisotopic (exact) mass is 579 g/mol. The van der Waals surface area contributed by atoms with Crippen LogP contribution in [0.1, 0.15) is 76.1 Å². The Hall–Kier alpha value is -3.46. The second-order valence-corrected chi connectivity index (χ2v) is 13.9. The molecule has 2 amide bonds. The molecule has 0 spiro atoms. The van der Waals surface area contributed by atoms with E-state index in [0.717, 1.165) is 44.8 Å². The fraction of sp³-hybridized carbons (Fsp3) is 0.500. The van der Waals surface area contributed by atoms with E-state index < -0.39 is 22.7 Å². The number of aryl methyl sites for hydroxylation is 1. The van der Waals surface area contributed by atoms with Crippen molar-refractivity contribution in [1.29, 1.82) is 0 Å². The Morgan fingerprint density at radius 2 is 1.59 bits per heavy atom. The molecule has 1 heterocycles. The summed E-state index contributed by atoms with van der Waals surface area (Å²) in [4.78, 5) is 43.1. The Labute approximate surface area is 246 Å². The van der Waals surface area contributed by atoms with E-state index in [9.17, 15) is 14.4 Å². The molecule has 1 aromatic heterocycles. The highest BCUT2D eigenvalue weighted by molar-refractivity contribution is 7.18. The third-order valence-corrected chi connectivity index (χ3v) is 7.79. The average molecular weight is 580 g/mol. The van der Waals surface area contributed by atoms with Crippen molar-refractivity contribution >= 4 is 39.5 Å². The highest BCUT2D eigenvalue weighted by atomic mass is 32.1. The highest BCUT2D eigenvalue weighted by Gasteiger charge is 2.46. The number of aromatic nitrogens is 1. The first-order chi connectivity index (χ1) is 19.2. The molecule has 220 valence electrons. The first-order valence-corrected chi connectivity index (χ1v) is 15.0. The number of esters is 1. The van der Waals surface area contributed by atoms with Gasteiger partial charge in [0.2, 0.25) is 5.91 Å². The van der Waals surface area contributed by atoms with Crippen LogP contribution >= 0.6 is 11.3 Å². The number of nitrogens with one attached hydrogen (secondary N) is 2. The number of amides is 2. The van der Waals surface area contributed by atoms with Crippen LogP contribution in [0.4, 0.5) is 4.79 Å². The van der Waals surface area contributed by atoms with Gasteiger partial charge < -0.3 is 20.1 Å². The van der Waals surface area contributed by atoms with E-state index in [-0.39, 0.29) is 18.3 Å². The molecule has 4 rings (SSSR count). The summed E-state index contributed by atoms with van der Waals surface area (Å²) in [5.74, 6) is -0.522. The summed E-state index contributed by atoms with van der Waals surface area (Å²) >= 11 is 1.55. The topological polar surface area (TPSA) is 107 Å². The largest absolute Gasteiger partial charge is 0.460 e. The van der Waals surface area contributed by atoms with Gasteiger partial charge in [0.1, 0.15) is 16.2 Å². The number of benzene rings is 2. The Bertz CT molecular complexity index is 1390. The zero-order valence-electron chi connectivity index (χ0n) is 24.9. The van der Waals surface area contributed by atoms with Crippen molar-refractivity contribution in [3.63, 3.8) is 0 Å². The van der Waals surface area contributed by atoms with Crippen LogP contribution in [-0.4, -0.2) is 40.7 Å². The van der Waals surface area contributed by atoms with Crippen LogP contribution in [-0.2, 0) is 44.9 Å². The number of alkyl carbamates (subject to hydrolysis) is 1. The predicted octanol–water partition coefficient (Wildman–Crippen LogP) is 5.89. The summed E-state index contributed by atoms with van der Waals surface area (Å²) in [7, 11) is 0. The van der Waals surface area contributed by atoms with E-state index in [1.54, 1.807) is 11.3 Å². The number of thiazole rings is 1. The SMILES string of the molecule is CC(C)(C)OC(=O)CC1(C(=O)NCc2nc3ccc(CCCNC(=O)OC(C)(C)C)cc3s2)Cc2ccccc2C1. The van der Waals surface area contributed by atoms with Crippen LogP contribution in [0.3, 0.4) is 0 Å². The number of ether oxygens (including phenoxy) is 2. The van der Waals surface area contributed by atoms with Crippen LogP contribution in [0.2, 0.25) is 0 Å². The van der Waals surface area contributed by atoms with Crippen LogP contribution in [0.15, 0.2) is 42.5 Å². The quantitative estimate of drug-likeness (QED) is 0.242. The molecular formula is C32H41N3O5S. The van der Waals surface area contributed by atoms with Gasteiger partial charge in [-0.15, -0.1) is 11.3 Å². The van der Waals surface area contributed by atoms with Crippen LogP contribution in [0, 0.1) is 5.41 Å². The molecule has 0 unspecified atom stereocenters. The standard InChI is InChI=1S/C32H41N3O5S/c1-30(2,3)39-27(36)19-32(17-22-11-7-8-12-23(22)18-32)28(37)34-20-26-35-24-14-13-21(16-25(24)41-26)10-9-15-33-29(38)40-31(4,5)6/h7-8,11-14,16H,9-10,15,17-20H2,1-6H3,(H,33,38)(H,34,37). The number of hydrogen-bond donors (Lipinski definition) is 2. The van der Waals surface area contributed by atoms with Gasteiger partial charge in [0.05, 0.1) is 28.6 Å². The summed E-state index contributed by atoms with van der Waals surface area (Å²) in [5, 5.41) is 6.68. The van der Waals surface area contributed by atoms with Gasteiger partial charge in [-0.1, -0.05) is 30.3 Å². The molecule has 8 nitrogen and oxygen atoms in total. The van der Waals surface area contributed by atoms with E-state index in [0.29, 0.717) is 25.9 Å². The lowest BCUT2D eigenvalue weighted by Gasteiger charge is -2.28. The molecule has 0 saturated carbocycles. The summed E-state index contributed by atoms with van der Waals surface area (Å²) in [6.45, 7) is 11.8. The molecule has 3 aromatic rings. The third-order valence-electron chi connectivity index (χ3n) is 6.77. The van der Waals surface area contributed by atoms with Crippen molar-refractivity contribution in [2.45, 2.75) is 91.4 Å². The van der Waals surface area contributed by atoms with E-state index in [1.165, 1.54) is 0 Å². The maximum atomic E-state index is 13.7. The number of carbonyl (C=O) groups excluding carboxylic acids is 3.